The molecule has 26 heavy (non-hydrogen) atoms. The quantitative estimate of drug-likeness (QED) is 0.704. The van der Waals surface area contributed by atoms with Crippen LogP contribution in [0.4, 0.5) is 5.69 Å². The molecule has 0 fully saturated rings. The van der Waals surface area contributed by atoms with Crippen molar-refractivity contribution in [1.29, 1.82) is 0 Å². The van der Waals surface area contributed by atoms with E-state index in [4.69, 9.17) is 23.2 Å². The molecule has 2 rings (SSSR count). The monoisotopic (exact) mass is 390 g/mol. The van der Waals surface area contributed by atoms with Crippen molar-refractivity contribution in [3.05, 3.63) is 69.7 Å². The smallest absolute Gasteiger partial charge is 0.246 e. The summed E-state index contributed by atoms with van der Waals surface area (Å²) in [4.78, 5) is 25.2. The fourth-order valence-electron chi connectivity index (χ4n) is 2.36. The van der Waals surface area contributed by atoms with E-state index in [1.165, 1.54) is 13.0 Å². The van der Waals surface area contributed by atoms with Gasteiger partial charge in [-0.25, -0.2) is 0 Å². The van der Waals surface area contributed by atoms with Crippen molar-refractivity contribution < 1.29 is 9.59 Å². The van der Waals surface area contributed by atoms with Crippen molar-refractivity contribution in [2.24, 2.45) is 0 Å². The maximum atomic E-state index is 12.4. The van der Waals surface area contributed by atoms with Gasteiger partial charge in [0.1, 0.15) is 0 Å². The molecule has 0 aromatic heterocycles. The number of anilines is 1. The largest absolute Gasteiger partial charge is 0.335 e. The summed E-state index contributed by atoms with van der Waals surface area (Å²) >= 11 is 12.0. The lowest BCUT2D eigenvalue weighted by molar-refractivity contribution is -0.126. The molecule has 0 bridgehead atoms. The summed E-state index contributed by atoms with van der Waals surface area (Å²) in [5, 5.41) is 3.67. The molecular weight excluding hydrogens is 371 g/mol. The molecule has 0 radical (unpaired) electrons. The van der Waals surface area contributed by atoms with Crippen LogP contribution >= 0.6 is 23.2 Å². The molecule has 2 amide bonds. The number of carbonyl (C=O) groups excluding carboxylic acids is 2. The Morgan fingerprint density at radius 2 is 1.77 bits per heavy atom. The van der Waals surface area contributed by atoms with Gasteiger partial charge in [0, 0.05) is 31.8 Å². The van der Waals surface area contributed by atoms with Gasteiger partial charge in [-0.3, -0.25) is 9.59 Å². The van der Waals surface area contributed by atoms with E-state index in [0.29, 0.717) is 23.1 Å². The summed E-state index contributed by atoms with van der Waals surface area (Å²) < 4.78 is 0. The van der Waals surface area contributed by atoms with Crippen molar-refractivity contribution in [3.63, 3.8) is 0 Å². The van der Waals surface area contributed by atoms with Crippen LogP contribution in [0.3, 0.4) is 0 Å². The van der Waals surface area contributed by atoms with Crippen molar-refractivity contribution in [1.82, 2.24) is 4.90 Å². The molecule has 0 aliphatic carbocycles. The number of amides is 2. The summed E-state index contributed by atoms with van der Waals surface area (Å²) in [6.07, 6.45) is 3.28. The Kier molecular flexibility index (Phi) is 7.25. The summed E-state index contributed by atoms with van der Waals surface area (Å²) in [5.74, 6) is -0.214. The molecule has 2 aromatic carbocycles. The Bertz CT molecular complexity index is 817. The minimum Gasteiger partial charge on any atom is -0.335 e. The van der Waals surface area contributed by atoms with Crippen LogP contribution in [0.2, 0.25) is 10.0 Å². The van der Waals surface area contributed by atoms with Crippen LogP contribution in [0.15, 0.2) is 48.5 Å². The number of rotatable bonds is 6. The fourth-order valence-corrected chi connectivity index (χ4v) is 2.68. The third kappa shape index (κ3) is 5.90. The lowest BCUT2D eigenvalue weighted by Crippen LogP contribution is -2.28. The zero-order valence-corrected chi connectivity index (χ0v) is 16.1. The highest BCUT2D eigenvalue weighted by Gasteiger charge is 2.10. The van der Waals surface area contributed by atoms with Gasteiger partial charge in [-0.1, -0.05) is 41.4 Å². The van der Waals surface area contributed by atoms with Gasteiger partial charge in [0.25, 0.3) is 0 Å². The van der Waals surface area contributed by atoms with Gasteiger partial charge in [-0.2, -0.15) is 0 Å². The van der Waals surface area contributed by atoms with Crippen LogP contribution in [0.1, 0.15) is 25.0 Å². The average molecular weight is 391 g/mol. The van der Waals surface area contributed by atoms with Crippen LogP contribution in [0.5, 0.6) is 0 Å². The molecule has 0 saturated heterocycles. The van der Waals surface area contributed by atoms with E-state index in [-0.39, 0.29) is 11.8 Å². The molecule has 136 valence electrons. The molecule has 1 N–H and O–H groups in total. The molecular formula is C20H20Cl2N2O2. The molecule has 0 aliphatic rings. The molecule has 0 saturated carbocycles. The second-order valence-corrected chi connectivity index (χ2v) is 6.55. The van der Waals surface area contributed by atoms with Crippen molar-refractivity contribution >= 4 is 46.8 Å². The van der Waals surface area contributed by atoms with Gasteiger partial charge in [0.05, 0.1) is 10.0 Å². The first-order chi connectivity index (χ1) is 12.4. The van der Waals surface area contributed by atoms with Crippen LogP contribution in [-0.2, 0) is 16.1 Å². The van der Waals surface area contributed by atoms with Gasteiger partial charge in [0.15, 0.2) is 0 Å². The number of nitrogens with zero attached hydrogens (tertiary/aromatic N) is 1. The van der Waals surface area contributed by atoms with E-state index in [0.717, 1.165) is 16.8 Å². The fraction of sp³-hybridized carbons (Fsp3) is 0.200. The van der Waals surface area contributed by atoms with Gasteiger partial charge >= 0.3 is 0 Å². The highest BCUT2D eigenvalue weighted by molar-refractivity contribution is 6.42. The Balaban J connectivity index is 2.02. The minimum atomic E-state index is -0.121. The van der Waals surface area contributed by atoms with E-state index in [2.05, 4.69) is 5.32 Å². The first kappa shape index (κ1) is 20.0. The molecule has 0 spiro atoms. The van der Waals surface area contributed by atoms with Gasteiger partial charge in [0.2, 0.25) is 11.8 Å². The number of nitrogens with one attached hydrogen (secondary N) is 1. The van der Waals surface area contributed by atoms with Crippen LogP contribution in [0.25, 0.3) is 6.08 Å². The zero-order chi connectivity index (χ0) is 19.1. The Labute approximate surface area is 163 Å². The zero-order valence-electron chi connectivity index (χ0n) is 14.6. The maximum Gasteiger partial charge on any atom is 0.246 e. The second-order valence-electron chi connectivity index (χ2n) is 5.74. The van der Waals surface area contributed by atoms with Crippen LogP contribution in [0, 0.1) is 0 Å². The second kappa shape index (κ2) is 9.41. The molecule has 0 heterocycles. The Hall–Kier alpha value is -2.30. The average Bonchev–Trinajstić information content (AvgIpc) is 2.61. The highest BCUT2D eigenvalue weighted by atomic mass is 35.5. The standard InChI is InChI=1S/C20H20Cl2N2O2/c1-3-24(13-16-6-10-18(21)19(22)12-16)20(26)11-7-15-4-8-17(9-5-15)23-14(2)25/h4-12H,3,13H2,1-2H3,(H,23,25)/b11-7+. The number of likely N-dealkylation sites (N-methyl/N-ethyl adjacent to an activating group) is 1. The van der Waals surface area contributed by atoms with Gasteiger partial charge in [-0.15, -0.1) is 0 Å². The summed E-state index contributed by atoms with van der Waals surface area (Å²) in [5.41, 5.74) is 2.51. The van der Waals surface area contributed by atoms with E-state index in [9.17, 15) is 9.59 Å². The Morgan fingerprint density at radius 1 is 1.08 bits per heavy atom. The lowest BCUT2D eigenvalue weighted by atomic mass is 10.1. The first-order valence-corrected chi connectivity index (χ1v) is 8.93. The van der Waals surface area contributed by atoms with E-state index < -0.39 is 0 Å². The molecule has 2 aromatic rings. The number of carbonyl (C=O) groups is 2. The number of hydrogen-bond donors (Lipinski definition) is 1. The summed E-state index contributed by atoms with van der Waals surface area (Å²) in [6.45, 7) is 4.41. The number of hydrogen-bond acceptors (Lipinski definition) is 2. The minimum absolute atomic E-state index is 0.0930. The maximum absolute atomic E-state index is 12.4. The Morgan fingerprint density at radius 3 is 2.35 bits per heavy atom. The van der Waals surface area contributed by atoms with Gasteiger partial charge < -0.3 is 10.2 Å². The molecule has 6 heteroatoms. The molecule has 0 aliphatic heterocycles. The number of benzene rings is 2. The molecule has 0 atom stereocenters. The van der Waals surface area contributed by atoms with E-state index >= 15 is 0 Å². The predicted molar refractivity (Wildman–Crippen MR) is 107 cm³/mol. The highest BCUT2D eigenvalue weighted by Crippen LogP contribution is 2.23. The lowest BCUT2D eigenvalue weighted by Gasteiger charge is -2.19. The summed E-state index contributed by atoms with van der Waals surface area (Å²) in [7, 11) is 0. The van der Waals surface area contributed by atoms with Crippen molar-refractivity contribution in [2.75, 3.05) is 11.9 Å². The predicted octanol–water partition coefficient (Wildman–Crippen LogP) is 5.01. The van der Waals surface area contributed by atoms with Crippen LogP contribution < -0.4 is 5.32 Å². The van der Waals surface area contributed by atoms with Gasteiger partial charge in [-0.05, 0) is 48.4 Å². The normalized spacial score (nSPS) is 10.8. The van der Waals surface area contributed by atoms with E-state index in [1.54, 1.807) is 35.2 Å². The SMILES string of the molecule is CCN(Cc1ccc(Cl)c(Cl)c1)C(=O)/C=C/c1ccc(NC(C)=O)cc1. The first-order valence-electron chi connectivity index (χ1n) is 8.17. The number of halogens is 2. The third-order valence-electron chi connectivity index (χ3n) is 3.70. The topological polar surface area (TPSA) is 49.4 Å². The van der Waals surface area contributed by atoms with Crippen molar-refractivity contribution in [2.45, 2.75) is 20.4 Å². The molecule has 4 nitrogen and oxygen atoms in total. The van der Waals surface area contributed by atoms with Crippen LogP contribution in [-0.4, -0.2) is 23.3 Å². The summed E-state index contributed by atoms with van der Waals surface area (Å²) in [6, 6.07) is 12.6. The third-order valence-corrected chi connectivity index (χ3v) is 4.44. The van der Waals surface area contributed by atoms with Crippen molar-refractivity contribution in [3.8, 4) is 0 Å². The van der Waals surface area contributed by atoms with E-state index in [1.807, 2.05) is 25.1 Å². The molecule has 0 unspecified atom stereocenters.